The Kier molecular flexibility index (Phi) is 20.6. The van der Waals surface area contributed by atoms with Crippen LogP contribution in [-0.4, -0.2) is 0 Å². The van der Waals surface area contributed by atoms with Crippen molar-refractivity contribution in [3.63, 3.8) is 0 Å². The van der Waals surface area contributed by atoms with Gasteiger partial charge in [-0.3, -0.25) is 0 Å². The zero-order chi connectivity index (χ0) is 17.7. The van der Waals surface area contributed by atoms with Gasteiger partial charge in [-0.05, 0) is 31.6 Å². The first kappa shape index (κ1) is 23.7. The van der Waals surface area contributed by atoms with Crippen molar-refractivity contribution in [3.8, 4) is 0 Å². The average molecular weight is 337 g/mol. The van der Waals surface area contributed by atoms with Crippen molar-refractivity contribution in [2.45, 2.75) is 136 Å². The number of rotatable bonds is 19. The molecule has 0 heteroatoms. The maximum atomic E-state index is 2.47. The summed E-state index contributed by atoms with van der Waals surface area (Å²) in [5.41, 5.74) is 0. The molecule has 0 aromatic heterocycles. The summed E-state index contributed by atoms with van der Waals surface area (Å²) in [6, 6.07) is 0. The third-order valence-electron chi connectivity index (χ3n) is 5.30. The molecule has 0 N–H and O–H groups in total. The van der Waals surface area contributed by atoms with Crippen molar-refractivity contribution in [2.75, 3.05) is 0 Å². The van der Waals surface area contributed by atoms with Gasteiger partial charge < -0.3 is 0 Å². The number of hydrogen-bond acceptors (Lipinski definition) is 0. The first-order chi connectivity index (χ1) is 11.8. The van der Waals surface area contributed by atoms with Gasteiger partial charge >= 0.3 is 0 Å². The predicted molar refractivity (Wildman–Crippen MR) is 113 cm³/mol. The Morgan fingerprint density at radius 3 is 1.62 bits per heavy atom. The Bertz CT molecular complexity index is 240. The summed E-state index contributed by atoms with van der Waals surface area (Å²) in [7, 11) is 0. The van der Waals surface area contributed by atoms with Crippen LogP contribution in [0.4, 0.5) is 0 Å². The highest BCUT2D eigenvalue weighted by Gasteiger charge is 2.06. The van der Waals surface area contributed by atoms with E-state index in [9.17, 15) is 0 Å². The Labute approximate surface area is 154 Å². The van der Waals surface area contributed by atoms with Crippen LogP contribution in [0.5, 0.6) is 0 Å². The molecule has 0 aromatic carbocycles. The van der Waals surface area contributed by atoms with E-state index in [-0.39, 0.29) is 0 Å². The van der Waals surface area contributed by atoms with Crippen LogP contribution in [0, 0.1) is 5.92 Å². The molecule has 0 spiro atoms. The quantitative estimate of drug-likeness (QED) is 0.163. The van der Waals surface area contributed by atoms with Crippen LogP contribution in [0.2, 0.25) is 0 Å². The molecule has 0 aliphatic carbocycles. The molecule has 0 fully saturated rings. The summed E-state index contributed by atoms with van der Waals surface area (Å²) < 4.78 is 0. The maximum Gasteiger partial charge on any atom is -0.0348 e. The second-order valence-electron chi connectivity index (χ2n) is 7.82. The van der Waals surface area contributed by atoms with Gasteiger partial charge in [0.1, 0.15) is 0 Å². The fourth-order valence-corrected chi connectivity index (χ4v) is 3.66. The van der Waals surface area contributed by atoms with E-state index in [1.165, 1.54) is 116 Å². The molecule has 144 valence electrons. The monoisotopic (exact) mass is 336 g/mol. The van der Waals surface area contributed by atoms with Crippen molar-refractivity contribution in [1.29, 1.82) is 0 Å². The fraction of sp³-hybridized carbons (Fsp3) is 0.917. The second kappa shape index (κ2) is 20.8. The van der Waals surface area contributed by atoms with E-state index in [2.05, 4.69) is 32.9 Å². The average Bonchev–Trinajstić information content (AvgIpc) is 2.59. The summed E-state index contributed by atoms with van der Waals surface area (Å²) >= 11 is 0. The van der Waals surface area contributed by atoms with Crippen LogP contribution in [0.1, 0.15) is 136 Å². The third-order valence-corrected chi connectivity index (χ3v) is 5.30. The molecule has 0 rings (SSSR count). The highest BCUT2D eigenvalue weighted by molar-refractivity contribution is 4.82. The van der Waals surface area contributed by atoms with Gasteiger partial charge in [-0.2, -0.15) is 0 Å². The van der Waals surface area contributed by atoms with E-state index in [0.29, 0.717) is 0 Å². The Morgan fingerprint density at radius 1 is 0.458 bits per heavy atom. The lowest BCUT2D eigenvalue weighted by Crippen LogP contribution is -2.00. The SMILES string of the molecule is CCCCCCCCC=CCCC(CCC)CCCCCCCC. The van der Waals surface area contributed by atoms with Crippen molar-refractivity contribution in [3.05, 3.63) is 12.2 Å². The molecule has 1 unspecified atom stereocenters. The van der Waals surface area contributed by atoms with E-state index in [1.54, 1.807) is 0 Å². The minimum atomic E-state index is 0.986. The number of unbranched alkanes of at least 4 members (excludes halogenated alkanes) is 11. The van der Waals surface area contributed by atoms with E-state index < -0.39 is 0 Å². The van der Waals surface area contributed by atoms with Crippen LogP contribution in [0.15, 0.2) is 12.2 Å². The lowest BCUT2D eigenvalue weighted by Gasteiger charge is -2.15. The summed E-state index contributed by atoms with van der Waals surface area (Å²) in [6.45, 7) is 6.95. The summed E-state index contributed by atoms with van der Waals surface area (Å²) in [6.07, 6.45) is 30.4. The van der Waals surface area contributed by atoms with Gasteiger partial charge in [0.05, 0.1) is 0 Å². The number of hydrogen-bond donors (Lipinski definition) is 0. The standard InChI is InChI=1S/C24H48/c1-4-7-9-11-13-14-15-16-18-20-23-24(21-6-3)22-19-17-12-10-8-5-2/h16,18,24H,4-15,17,19-23H2,1-3H3. The molecule has 0 nitrogen and oxygen atoms in total. The second-order valence-corrected chi connectivity index (χ2v) is 7.82. The van der Waals surface area contributed by atoms with E-state index in [4.69, 9.17) is 0 Å². The largest absolute Gasteiger partial charge is 0.0885 e. The van der Waals surface area contributed by atoms with Crippen LogP contribution in [-0.2, 0) is 0 Å². The molecule has 0 heterocycles. The molecule has 0 amide bonds. The van der Waals surface area contributed by atoms with Crippen LogP contribution in [0.3, 0.4) is 0 Å². The minimum Gasteiger partial charge on any atom is -0.0885 e. The molecule has 0 aromatic rings. The fourth-order valence-electron chi connectivity index (χ4n) is 3.66. The zero-order valence-electron chi connectivity index (χ0n) is 17.5. The van der Waals surface area contributed by atoms with Crippen molar-refractivity contribution in [1.82, 2.24) is 0 Å². The Morgan fingerprint density at radius 2 is 1.00 bits per heavy atom. The van der Waals surface area contributed by atoms with Crippen LogP contribution < -0.4 is 0 Å². The molecule has 0 aliphatic heterocycles. The van der Waals surface area contributed by atoms with Crippen LogP contribution >= 0.6 is 0 Å². The third kappa shape index (κ3) is 18.1. The molecule has 0 radical (unpaired) electrons. The first-order valence-electron chi connectivity index (χ1n) is 11.5. The van der Waals surface area contributed by atoms with Crippen molar-refractivity contribution < 1.29 is 0 Å². The maximum absolute atomic E-state index is 2.47. The molecular weight excluding hydrogens is 288 g/mol. The van der Waals surface area contributed by atoms with Gasteiger partial charge in [0, 0.05) is 0 Å². The minimum absolute atomic E-state index is 0.986. The van der Waals surface area contributed by atoms with Crippen molar-refractivity contribution >= 4 is 0 Å². The van der Waals surface area contributed by atoms with Crippen LogP contribution in [0.25, 0.3) is 0 Å². The summed E-state index contributed by atoms with van der Waals surface area (Å²) in [5.74, 6) is 0.986. The van der Waals surface area contributed by atoms with Gasteiger partial charge in [-0.1, -0.05) is 123 Å². The topological polar surface area (TPSA) is 0 Å². The molecule has 1 atom stereocenters. The van der Waals surface area contributed by atoms with Gasteiger partial charge in [-0.15, -0.1) is 0 Å². The van der Waals surface area contributed by atoms with E-state index >= 15 is 0 Å². The first-order valence-corrected chi connectivity index (χ1v) is 11.5. The van der Waals surface area contributed by atoms with Gasteiger partial charge in [0.15, 0.2) is 0 Å². The lowest BCUT2D eigenvalue weighted by molar-refractivity contribution is 0.397. The molecule has 0 bridgehead atoms. The Hall–Kier alpha value is -0.260. The van der Waals surface area contributed by atoms with E-state index in [1.807, 2.05) is 0 Å². The van der Waals surface area contributed by atoms with E-state index in [0.717, 1.165) is 5.92 Å². The molecule has 24 heavy (non-hydrogen) atoms. The number of allylic oxidation sites excluding steroid dienone is 2. The van der Waals surface area contributed by atoms with Crippen molar-refractivity contribution in [2.24, 2.45) is 5.92 Å². The van der Waals surface area contributed by atoms with Gasteiger partial charge in [0.25, 0.3) is 0 Å². The summed E-state index contributed by atoms with van der Waals surface area (Å²) in [5, 5.41) is 0. The smallest absolute Gasteiger partial charge is 0.0348 e. The van der Waals surface area contributed by atoms with Gasteiger partial charge in [0.2, 0.25) is 0 Å². The van der Waals surface area contributed by atoms with Gasteiger partial charge in [-0.25, -0.2) is 0 Å². The molecule has 0 aliphatic rings. The molecule has 0 saturated heterocycles. The normalized spacial score (nSPS) is 13.0. The lowest BCUT2D eigenvalue weighted by atomic mass is 9.91. The highest BCUT2D eigenvalue weighted by atomic mass is 14.1. The highest BCUT2D eigenvalue weighted by Crippen LogP contribution is 2.22. The molecule has 0 saturated carbocycles. The molecular formula is C24H48. The zero-order valence-corrected chi connectivity index (χ0v) is 17.5. The Balaban J connectivity index is 3.53. The predicted octanol–water partition coefficient (Wildman–Crippen LogP) is 9.24. The summed E-state index contributed by atoms with van der Waals surface area (Å²) in [4.78, 5) is 0.